The summed E-state index contributed by atoms with van der Waals surface area (Å²) in [6.07, 6.45) is 0. The highest BCUT2D eigenvalue weighted by Crippen LogP contribution is 2.25. The van der Waals surface area contributed by atoms with Gasteiger partial charge >= 0.3 is 5.97 Å². The Balaban J connectivity index is 2.27. The summed E-state index contributed by atoms with van der Waals surface area (Å²) in [6.45, 7) is 6.08. The lowest BCUT2D eigenvalue weighted by atomic mass is 10.0. The molecule has 0 aliphatic carbocycles. The van der Waals surface area contributed by atoms with Crippen molar-refractivity contribution in [2.45, 2.75) is 26.7 Å². The first-order valence-corrected chi connectivity index (χ1v) is 6.84. The third-order valence-electron chi connectivity index (χ3n) is 3.31. The summed E-state index contributed by atoms with van der Waals surface area (Å²) in [6, 6.07) is 14.4. The van der Waals surface area contributed by atoms with Crippen LogP contribution in [0.15, 0.2) is 42.5 Å². The SMILES string of the molecule is Cc1ccc(C(C)C)cc1OC(=O)c1cccc(C#N)c1. The zero-order chi connectivity index (χ0) is 15.4. The molecule has 3 heteroatoms. The molecule has 0 fully saturated rings. The lowest BCUT2D eigenvalue weighted by Gasteiger charge is -2.11. The molecular formula is C18H17NO2. The van der Waals surface area contributed by atoms with E-state index in [9.17, 15) is 4.79 Å². The highest BCUT2D eigenvalue weighted by Gasteiger charge is 2.12. The number of esters is 1. The fraction of sp³-hybridized carbons (Fsp3) is 0.222. The van der Waals surface area contributed by atoms with Crippen LogP contribution in [-0.4, -0.2) is 5.97 Å². The Bertz CT molecular complexity index is 711. The molecular weight excluding hydrogens is 262 g/mol. The van der Waals surface area contributed by atoms with Gasteiger partial charge < -0.3 is 4.74 Å². The van der Waals surface area contributed by atoms with Crippen molar-refractivity contribution in [3.05, 3.63) is 64.7 Å². The third-order valence-corrected chi connectivity index (χ3v) is 3.31. The van der Waals surface area contributed by atoms with Crippen LogP contribution in [0.3, 0.4) is 0 Å². The molecule has 0 saturated carbocycles. The Labute approximate surface area is 124 Å². The molecule has 0 unspecified atom stereocenters. The van der Waals surface area contributed by atoms with Gasteiger partial charge in [-0.15, -0.1) is 0 Å². The number of hydrogen-bond donors (Lipinski definition) is 0. The Morgan fingerprint density at radius 1 is 1.19 bits per heavy atom. The molecule has 0 heterocycles. The molecule has 0 aliphatic rings. The van der Waals surface area contributed by atoms with Gasteiger partial charge in [0.15, 0.2) is 0 Å². The second kappa shape index (κ2) is 6.23. The number of nitrogens with zero attached hydrogens (tertiary/aromatic N) is 1. The molecule has 0 bridgehead atoms. The van der Waals surface area contributed by atoms with Gasteiger partial charge in [0, 0.05) is 0 Å². The number of rotatable bonds is 3. The largest absolute Gasteiger partial charge is 0.423 e. The van der Waals surface area contributed by atoms with Crippen LogP contribution >= 0.6 is 0 Å². The molecule has 2 aromatic rings. The number of ether oxygens (including phenoxy) is 1. The average molecular weight is 279 g/mol. The fourth-order valence-corrected chi connectivity index (χ4v) is 1.96. The van der Waals surface area contributed by atoms with Gasteiger partial charge in [-0.1, -0.05) is 32.0 Å². The van der Waals surface area contributed by atoms with Gasteiger partial charge in [0.25, 0.3) is 0 Å². The minimum absolute atomic E-state index is 0.366. The molecule has 106 valence electrons. The molecule has 21 heavy (non-hydrogen) atoms. The molecule has 3 nitrogen and oxygen atoms in total. The quantitative estimate of drug-likeness (QED) is 0.624. The number of aryl methyl sites for hydroxylation is 1. The Hall–Kier alpha value is -2.60. The summed E-state index contributed by atoms with van der Waals surface area (Å²) >= 11 is 0. The Kier molecular flexibility index (Phi) is 4.39. The van der Waals surface area contributed by atoms with Gasteiger partial charge in [-0.2, -0.15) is 5.26 Å². The summed E-state index contributed by atoms with van der Waals surface area (Å²) in [5, 5.41) is 8.87. The minimum Gasteiger partial charge on any atom is -0.423 e. The number of carbonyl (C=O) groups excluding carboxylic acids is 1. The summed E-state index contributed by atoms with van der Waals surface area (Å²) in [7, 11) is 0. The molecule has 0 spiro atoms. The Morgan fingerprint density at radius 2 is 1.95 bits per heavy atom. The monoisotopic (exact) mass is 279 g/mol. The van der Waals surface area contributed by atoms with Crippen LogP contribution < -0.4 is 4.74 Å². The van der Waals surface area contributed by atoms with Gasteiger partial charge in [0.1, 0.15) is 5.75 Å². The first-order valence-electron chi connectivity index (χ1n) is 6.84. The first kappa shape index (κ1) is 14.8. The minimum atomic E-state index is -0.448. The van der Waals surface area contributed by atoms with E-state index < -0.39 is 5.97 Å². The number of carbonyl (C=O) groups is 1. The van der Waals surface area contributed by atoms with E-state index in [-0.39, 0.29) is 0 Å². The predicted molar refractivity (Wildman–Crippen MR) is 81.4 cm³/mol. The summed E-state index contributed by atoms with van der Waals surface area (Å²) in [5.41, 5.74) is 2.85. The molecule has 0 atom stereocenters. The van der Waals surface area contributed by atoms with E-state index >= 15 is 0 Å². The highest BCUT2D eigenvalue weighted by molar-refractivity contribution is 5.91. The Morgan fingerprint density at radius 3 is 2.62 bits per heavy atom. The smallest absolute Gasteiger partial charge is 0.343 e. The van der Waals surface area contributed by atoms with Gasteiger partial charge in [-0.25, -0.2) is 4.79 Å². The maximum absolute atomic E-state index is 12.2. The van der Waals surface area contributed by atoms with E-state index in [0.717, 1.165) is 11.1 Å². The molecule has 2 aromatic carbocycles. The third kappa shape index (κ3) is 3.49. The molecule has 2 rings (SSSR count). The normalized spacial score (nSPS) is 10.2. The summed E-state index contributed by atoms with van der Waals surface area (Å²) in [5.74, 6) is 0.481. The molecule has 0 radical (unpaired) electrons. The van der Waals surface area contributed by atoms with E-state index in [1.807, 2.05) is 31.2 Å². The lowest BCUT2D eigenvalue weighted by molar-refractivity contribution is 0.0733. The summed E-state index contributed by atoms with van der Waals surface area (Å²) < 4.78 is 5.47. The average Bonchev–Trinajstić information content (AvgIpc) is 2.49. The van der Waals surface area contributed by atoms with Crippen molar-refractivity contribution in [1.29, 1.82) is 5.26 Å². The van der Waals surface area contributed by atoms with Crippen LogP contribution in [0.2, 0.25) is 0 Å². The van der Waals surface area contributed by atoms with E-state index in [4.69, 9.17) is 10.00 Å². The van der Waals surface area contributed by atoms with Gasteiger partial charge in [0.05, 0.1) is 17.2 Å². The standard InChI is InChI=1S/C18H17NO2/c1-12(2)15-8-7-13(3)17(10-15)21-18(20)16-6-4-5-14(9-16)11-19/h4-10,12H,1-3H3. The second-order valence-corrected chi connectivity index (χ2v) is 5.26. The number of benzene rings is 2. The van der Waals surface area contributed by atoms with Crippen molar-refractivity contribution < 1.29 is 9.53 Å². The van der Waals surface area contributed by atoms with Crippen LogP contribution in [0.5, 0.6) is 5.75 Å². The van der Waals surface area contributed by atoms with Crippen molar-refractivity contribution >= 4 is 5.97 Å². The fourth-order valence-electron chi connectivity index (χ4n) is 1.96. The van der Waals surface area contributed by atoms with E-state index in [1.54, 1.807) is 18.2 Å². The predicted octanol–water partition coefficient (Wildman–Crippen LogP) is 4.21. The van der Waals surface area contributed by atoms with Crippen LogP contribution in [0, 0.1) is 18.3 Å². The van der Waals surface area contributed by atoms with E-state index in [1.165, 1.54) is 6.07 Å². The van der Waals surface area contributed by atoms with Gasteiger partial charge in [-0.3, -0.25) is 0 Å². The van der Waals surface area contributed by atoms with Crippen molar-refractivity contribution in [3.8, 4) is 11.8 Å². The topological polar surface area (TPSA) is 50.1 Å². The van der Waals surface area contributed by atoms with Crippen LogP contribution in [0.25, 0.3) is 0 Å². The van der Waals surface area contributed by atoms with Crippen LogP contribution in [0.1, 0.15) is 46.8 Å². The lowest BCUT2D eigenvalue weighted by Crippen LogP contribution is -2.10. The summed E-state index contributed by atoms with van der Waals surface area (Å²) in [4.78, 5) is 12.2. The van der Waals surface area contributed by atoms with E-state index in [0.29, 0.717) is 22.8 Å². The van der Waals surface area contributed by atoms with Crippen LogP contribution in [-0.2, 0) is 0 Å². The maximum Gasteiger partial charge on any atom is 0.343 e. The highest BCUT2D eigenvalue weighted by atomic mass is 16.5. The van der Waals surface area contributed by atoms with Crippen molar-refractivity contribution in [2.24, 2.45) is 0 Å². The number of hydrogen-bond acceptors (Lipinski definition) is 3. The van der Waals surface area contributed by atoms with Crippen molar-refractivity contribution in [3.63, 3.8) is 0 Å². The van der Waals surface area contributed by atoms with Crippen molar-refractivity contribution in [1.82, 2.24) is 0 Å². The van der Waals surface area contributed by atoms with Crippen molar-refractivity contribution in [2.75, 3.05) is 0 Å². The maximum atomic E-state index is 12.2. The zero-order valence-electron chi connectivity index (χ0n) is 12.4. The first-order chi connectivity index (χ1) is 10.0. The number of nitriles is 1. The molecule has 0 aromatic heterocycles. The molecule has 0 amide bonds. The van der Waals surface area contributed by atoms with Gasteiger partial charge in [-0.05, 0) is 48.2 Å². The van der Waals surface area contributed by atoms with Gasteiger partial charge in [0.2, 0.25) is 0 Å². The molecule has 0 saturated heterocycles. The zero-order valence-corrected chi connectivity index (χ0v) is 12.4. The molecule has 0 N–H and O–H groups in total. The second-order valence-electron chi connectivity index (χ2n) is 5.26. The van der Waals surface area contributed by atoms with E-state index in [2.05, 4.69) is 13.8 Å². The molecule has 0 aliphatic heterocycles. The van der Waals surface area contributed by atoms with Crippen LogP contribution in [0.4, 0.5) is 0 Å².